The van der Waals surface area contributed by atoms with E-state index in [2.05, 4.69) is 15.9 Å². The van der Waals surface area contributed by atoms with Crippen LogP contribution in [0, 0.1) is 0 Å². The van der Waals surface area contributed by atoms with Crippen molar-refractivity contribution in [2.45, 2.75) is 12.5 Å². The Morgan fingerprint density at radius 2 is 1.81 bits per heavy atom. The van der Waals surface area contributed by atoms with Gasteiger partial charge in [0, 0.05) is 21.5 Å². The highest BCUT2D eigenvalue weighted by molar-refractivity contribution is 9.10. The number of ether oxygens (including phenoxy) is 2. The van der Waals surface area contributed by atoms with Crippen LogP contribution >= 0.6 is 27.5 Å². The van der Waals surface area contributed by atoms with Gasteiger partial charge in [0.1, 0.15) is 6.10 Å². The molecule has 0 fully saturated rings. The van der Waals surface area contributed by atoms with E-state index >= 15 is 0 Å². The molecule has 0 radical (unpaired) electrons. The van der Waals surface area contributed by atoms with Gasteiger partial charge in [0.25, 0.3) is 0 Å². The van der Waals surface area contributed by atoms with E-state index in [1.165, 1.54) is 0 Å². The van der Waals surface area contributed by atoms with Crippen LogP contribution in [0.25, 0.3) is 0 Å². The first-order valence-corrected chi connectivity index (χ1v) is 7.85. The molecule has 3 nitrogen and oxygen atoms in total. The molecular formula is C16H14BrClO3. The molecular weight excluding hydrogens is 356 g/mol. The highest BCUT2D eigenvalue weighted by atomic mass is 79.9. The Labute approximate surface area is 136 Å². The van der Waals surface area contributed by atoms with Crippen molar-refractivity contribution < 1.29 is 14.6 Å². The maximum Gasteiger partial charge on any atom is 0.161 e. The zero-order chi connectivity index (χ0) is 14.8. The van der Waals surface area contributed by atoms with Crippen molar-refractivity contribution in [2.75, 3.05) is 13.2 Å². The second kappa shape index (κ2) is 6.26. The summed E-state index contributed by atoms with van der Waals surface area (Å²) in [5, 5.41) is 11.1. The zero-order valence-electron chi connectivity index (χ0n) is 11.2. The highest BCUT2D eigenvalue weighted by Crippen LogP contribution is 2.36. The van der Waals surface area contributed by atoms with Gasteiger partial charge in [-0.25, -0.2) is 0 Å². The van der Waals surface area contributed by atoms with E-state index < -0.39 is 6.10 Å². The standard InChI is InChI=1S/C16H14BrClO3/c17-11-3-4-13(18)12(9-11)16(19)10-2-5-14-15(8-10)21-7-1-6-20-14/h2-5,8-9,16,19H,1,6-7H2. The van der Waals surface area contributed by atoms with Crippen LogP contribution in [0.2, 0.25) is 5.02 Å². The summed E-state index contributed by atoms with van der Waals surface area (Å²) in [6.45, 7) is 1.26. The van der Waals surface area contributed by atoms with Crippen molar-refractivity contribution in [3.05, 3.63) is 57.0 Å². The molecule has 1 heterocycles. The van der Waals surface area contributed by atoms with E-state index in [-0.39, 0.29) is 0 Å². The highest BCUT2D eigenvalue weighted by Gasteiger charge is 2.18. The van der Waals surface area contributed by atoms with Gasteiger partial charge in [-0.2, -0.15) is 0 Å². The normalized spacial score (nSPS) is 15.4. The molecule has 2 aromatic rings. The molecule has 110 valence electrons. The third kappa shape index (κ3) is 3.18. The van der Waals surface area contributed by atoms with Gasteiger partial charge in [-0.3, -0.25) is 0 Å². The first-order valence-electron chi connectivity index (χ1n) is 6.68. The number of halogens is 2. The molecule has 1 unspecified atom stereocenters. The number of aliphatic hydroxyl groups excluding tert-OH is 1. The number of rotatable bonds is 2. The molecule has 2 aromatic carbocycles. The minimum absolute atomic E-state index is 0.526. The molecule has 1 N–H and O–H groups in total. The smallest absolute Gasteiger partial charge is 0.161 e. The largest absolute Gasteiger partial charge is 0.490 e. The fraction of sp³-hybridized carbons (Fsp3) is 0.250. The van der Waals surface area contributed by atoms with Crippen LogP contribution in [0.1, 0.15) is 23.7 Å². The predicted octanol–water partition coefficient (Wildman–Crippen LogP) is 4.35. The molecule has 1 aliphatic heterocycles. The molecule has 0 saturated heterocycles. The Morgan fingerprint density at radius 3 is 2.62 bits per heavy atom. The predicted molar refractivity (Wildman–Crippen MR) is 85.3 cm³/mol. The van der Waals surface area contributed by atoms with Gasteiger partial charge in [0.05, 0.1) is 13.2 Å². The monoisotopic (exact) mass is 368 g/mol. The van der Waals surface area contributed by atoms with Crippen molar-refractivity contribution in [1.29, 1.82) is 0 Å². The lowest BCUT2D eigenvalue weighted by Crippen LogP contribution is -2.02. The van der Waals surface area contributed by atoms with E-state index in [9.17, 15) is 5.11 Å². The first kappa shape index (κ1) is 14.7. The summed E-state index contributed by atoms with van der Waals surface area (Å²) in [5.74, 6) is 1.37. The van der Waals surface area contributed by atoms with Crippen molar-refractivity contribution in [3.63, 3.8) is 0 Å². The maximum atomic E-state index is 10.6. The molecule has 0 aliphatic carbocycles. The number of hydrogen-bond acceptors (Lipinski definition) is 3. The summed E-state index contributed by atoms with van der Waals surface area (Å²) in [6.07, 6.45) is 0.0384. The summed E-state index contributed by atoms with van der Waals surface area (Å²) >= 11 is 9.57. The Balaban J connectivity index is 1.96. The number of hydrogen-bond donors (Lipinski definition) is 1. The van der Waals surface area contributed by atoms with Crippen molar-refractivity contribution in [2.24, 2.45) is 0 Å². The molecule has 0 amide bonds. The second-order valence-electron chi connectivity index (χ2n) is 4.83. The number of benzene rings is 2. The summed E-state index contributed by atoms with van der Waals surface area (Å²) in [7, 11) is 0. The van der Waals surface area contributed by atoms with Crippen LogP contribution in [0.4, 0.5) is 0 Å². The minimum Gasteiger partial charge on any atom is -0.490 e. The SMILES string of the molecule is OC(c1ccc2c(c1)OCCCO2)c1cc(Br)ccc1Cl. The van der Waals surface area contributed by atoms with Gasteiger partial charge < -0.3 is 14.6 Å². The molecule has 1 atom stereocenters. The average molecular weight is 370 g/mol. The third-order valence-corrected chi connectivity index (χ3v) is 4.18. The van der Waals surface area contributed by atoms with Gasteiger partial charge in [0.2, 0.25) is 0 Å². The minimum atomic E-state index is -0.813. The molecule has 21 heavy (non-hydrogen) atoms. The molecule has 0 bridgehead atoms. The van der Waals surface area contributed by atoms with Crippen LogP contribution < -0.4 is 9.47 Å². The molecule has 0 saturated carbocycles. The average Bonchev–Trinajstić information content (AvgIpc) is 2.73. The summed E-state index contributed by atoms with van der Waals surface area (Å²) < 4.78 is 12.1. The van der Waals surface area contributed by atoms with E-state index in [1.807, 2.05) is 30.3 Å². The molecule has 1 aliphatic rings. The molecule has 3 rings (SSSR count). The maximum absolute atomic E-state index is 10.6. The topological polar surface area (TPSA) is 38.7 Å². The lowest BCUT2D eigenvalue weighted by molar-refractivity contribution is 0.219. The third-order valence-electron chi connectivity index (χ3n) is 3.34. The van der Waals surface area contributed by atoms with E-state index in [0.29, 0.717) is 35.3 Å². The van der Waals surface area contributed by atoms with Crippen LogP contribution in [0.5, 0.6) is 11.5 Å². The van der Waals surface area contributed by atoms with Crippen LogP contribution in [-0.4, -0.2) is 18.3 Å². The molecule has 0 aromatic heterocycles. The Morgan fingerprint density at radius 1 is 1.05 bits per heavy atom. The fourth-order valence-corrected chi connectivity index (χ4v) is 2.85. The Bertz CT molecular complexity index is 660. The Kier molecular flexibility index (Phi) is 4.38. The van der Waals surface area contributed by atoms with E-state index in [1.54, 1.807) is 6.07 Å². The quantitative estimate of drug-likeness (QED) is 0.855. The van der Waals surface area contributed by atoms with Crippen LogP contribution in [-0.2, 0) is 0 Å². The lowest BCUT2D eigenvalue weighted by Gasteiger charge is -2.16. The van der Waals surface area contributed by atoms with Crippen molar-refractivity contribution in [1.82, 2.24) is 0 Å². The fourth-order valence-electron chi connectivity index (χ4n) is 2.25. The lowest BCUT2D eigenvalue weighted by atomic mass is 10.0. The van der Waals surface area contributed by atoms with Gasteiger partial charge in [-0.1, -0.05) is 33.6 Å². The summed E-state index contributed by atoms with van der Waals surface area (Å²) in [4.78, 5) is 0. The molecule has 5 heteroatoms. The summed E-state index contributed by atoms with van der Waals surface area (Å²) in [6, 6.07) is 10.9. The van der Waals surface area contributed by atoms with Crippen molar-refractivity contribution >= 4 is 27.5 Å². The van der Waals surface area contributed by atoms with E-state index in [4.69, 9.17) is 21.1 Å². The van der Waals surface area contributed by atoms with Crippen LogP contribution in [0.3, 0.4) is 0 Å². The molecule has 0 spiro atoms. The van der Waals surface area contributed by atoms with Crippen molar-refractivity contribution in [3.8, 4) is 11.5 Å². The number of aliphatic hydroxyl groups is 1. The van der Waals surface area contributed by atoms with E-state index in [0.717, 1.165) is 16.5 Å². The zero-order valence-corrected chi connectivity index (χ0v) is 13.5. The van der Waals surface area contributed by atoms with Gasteiger partial charge in [-0.05, 0) is 35.9 Å². The number of fused-ring (bicyclic) bond motifs is 1. The Hall–Kier alpha value is -1.23. The van der Waals surface area contributed by atoms with Gasteiger partial charge in [0.15, 0.2) is 11.5 Å². The van der Waals surface area contributed by atoms with Gasteiger partial charge in [-0.15, -0.1) is 0 Å². The first-order chi connectivity index (χ1) is 10.1. The second-order valence-corrected chi connectivity index (χ2v) is 6.15. The summed E-state index contributed by atoms with van der Waals surface area (Å²) in [5.41, 5.74) is 1.37. The van der Waals surface area contributed by atoms with Gasteiger partial charge >= 0.3 is 0 Å². The van der Waals surface area contributed by atoms with Crippen LogP contribution in [0.15, 0.2) is 40.9 Å².